The quantitative estimate of drug-likeness (QED) is 0.612. The molecule has 0 spiro atoms. The highest BCUT2D eigenvalue weighted by Crippen LogP contribution is 2.17. The number of nitrogens with zero attached hydrogens (tertiary/aromatic N) is 2. The van der Waals surface area contributed by atoms with Crippen LogP contribution in [0.4, 0.5) is 11.6 Å². The third-order valence-corrected chi connectivity index (χ3v) is 6.17. The van der Waals surface area contributed by atoms with Gasteiger partial charge in [0, 0.05) is 17.1 Å². The van der Waals surface area contributed by atoms with E-state index in [9.17, 15) is 21.6 Å². The summed E-state index contributed by atoms with van der Waals surface area (Å²) in [5.41, 5.74) is 1.50. The Morgan fingerprint density at radius 1 is 1.07 bits per heavy atom. The van der Waals surface area contributed by atoms with Gasteiger partial charge in [-0.15, -0.1) is 6.58 Å². The molecular weight excluding hydrogens is 404 g/mol. The third kappa shape index (κ3) is 6.13. The smallest absolute Gasteiger partial charge is 0.264 e. The van der Waals surface area contributed by atoms with Crippen LogP contribution in [-0.4, -0.2) is 44.2 Å². The van der Waals surface area contributed by atoms with Crippen molar-refractivity contribution in [3.8, 4) is 0 Å². The molecule has 0 radical (unpaired) electrons. The number of nitrogens with one attached hydrogen (secondary N) is 2. The predicted octanol–water partition coefficient (Wildman–Crippen LogP) is 1.43. The van der Waals surface area contributed by atoms with Crippen LogP contribution in [0, 0.1) is 13.8 Å². The molecule has 0 unspecified atom stereocenters. The normalized spacial score (nSPS) is 11.6. The molecule has 2 rings (SSSR count). The first kappa shape index (κ1) is 21.5. The van der Waals surface area contributed by atoms with Gasteiger partial charge in [-0.05, 0) is 44.2 Å². The maximum Gasteiger partial charge on any atom is 0.264 e. The summed E-state index contributed by atoms with van der Waals surface area (Å²) in [6.07, 6.45) is 1.20. The molecule has 0 bridgehead atoms. The molecule has 1 aromatic heterocycles. The first-order valence-corrected chi connectivity index (χ1v) is 11.4. The minimum atomic E-state index is -3.92. The van der Waals surface area contributed by atoms with E-state index in [0.29, 0.717) is 11.4 Å². The predicted molar refractivity (Wildman–Crippen MR) is 106 cm³/mol. The molecule has 0 atom stereocenters. The Kier molecular flexibility index (Phi) is 6.52. The molecule has 1 amide bonds. The lowest BCUT2D eigenvalue weighted by molar-refractivity contribution is -0.113. The summed E-state index contributed by atoms with van der Waals surface area (Å²) in [5.74, 6) is -1.75. The minimum Gasteiger partial charge on any atom is -0.325 e. The Morgan fingerprint density at radius 2 is 1.64 bits per heavy atom. The molecule has 28 heavy (non-hydrogen) atoms. The fourth-order valence-corrected chi connectivity index (χ4v) is 4.20. The molecule has 1 heterocycles. The van der Waals surface area contributed by atoms with Gasteiger partial charge in [-0.25, -0.2) is 31.5 Å². The largest absolute Gasteiger partial charge is 0.325 e. The summed E-state index contributed by atoms with van der Waals surface area (Å²) in [6.45, 7) is 6.77. The maximum absolute atomic E-state index is 12.5. The molecule has 0 aliphatic carbocycles. The first-order valence-electron chi connectivity index (χ1n) is 8.07. The van der Waals surface area contributed by atoms with E-state index in [-0.39, 0.29) is 22.3 Å². The lowest BCUT2D eigenvalue weighted by Crippen LogP contribution is -2.24. The second-order valence-corrected chi connectivity index (χ2v) is 9.79. The Morgan fingerprint density at radius 3 is 2.18 bits per heavy atom. The highest BCUT2D eigenvalue weighted by atomic mass is 32.2. The second-order valence-electron chi connectivity index (χ2n) is 6.00. The number of rotatable bonds is 8. The van der Waals surface area contributed by atoms with Crippen molar-refractivity contribution in [2.45, 2.75) is 18.7 Å². The monoisotopic (exact) mass is 424 g/mol. The Hall–Kier alpha value is -2.79. The van der Waals surface area contributed by atoms with E-state index in [2.05, 4.69) is 26.6 Å². The highest BCUT2D eigenvalue weighted by molar-refractivity contribution is 7.92. The molecule has 0 aliphatic rings. The van der Waals surface area contributed by atoms with E-state index in [1.165, 1.54) is 30.3 Å². The maximum atomic E-state index is 12.5. The molecule has 2 aromatic rings. The van der Waals surface area contributed by atoms with Crippen LogP contribution in [0.15, 0.2) is 47.9 Å². The number of hydrogen-bond donors (Lipinski definition) is 2. The number of hydrogen-bond acceptors (Lipinski definition) is 7. The summed E-state index contributed by atoms with van der Waals surface area (Å²) in [5, 5.41) is 2.41. The van der Waals surface area contributed by atoms with Crippen molar-refractivity contribution in [2.75, 3.05) is 21.5 Å². The van der Waals surface area contributed by atoms with Crippen molar-refractivity contribution < 1.29 is 21.6 Å². The van der Waals surface area contributed by atoms with Crippen molar-refractivity contribution in [3.05, 3.63) is 54.4 Å². The third-order valence-electron chi connectivity index (χ3n) is 3.38. The summed E-state index contributed by atoms with van der Waals surface area (Å²) < 4.78 is 50.4. The van der Waals surface area contributed by atoms with Crippen LogP contribution < -0.4 is 10.0 Å². The van der Waals surface area contributed by atoms with Gasteiger partial charge in [0.05, 0.1) is 10.6 Å². The summed E-state index contributed by atoms with van der Waals surface area (Å²) in [6, 6.07) is 6.98. The van der Waals surface area contributed by atoms with E-state index < -0.39 is 31.5 Å². The molecule has 0 saturated carbocycles. The van der Waals surface area contributed by atoms with Gasteiger partial charge in [0.15, 0.2) is 9.84 Å². The fourth-order valence-electron chi connectivity index (χ4n) is 2.30. The van der Waals surface area contributed by atoms with Gasteiger partial charge >= 0.3 is 0 Å². The van der Waals surface area contributed by atoms with Crippen molar-refractivity contribution in [1.29, 1.82) is 0 Å². The van der Waals surface area contributed by atoms with Crippen molar-refractivity contribution in [3.63, 3.8) is 0 Å². The summed E-state index contributed by atoms with van der Waals surface area (Å²) >= 11 is 0. The summed E-state index contributed by atoms with van der Waals surface area (Å²) in [7, 11) is -7.50. The van der Waals surface area contributed by atoms with Crippen LogP contribution in [-0.2, 0) is 24.7 Å². The molecule has 0 aliphatic heterocycles. The molecule has 1 aromatic carbocycles. The number of aryl methyl sites for hydroxylation is 2. The average molecular weight is 425 g/mol. The van der Waals surface area contributed by atoms with Crippen LogP contribution in [0.25, 0.3) is 0 Å². The molecule has 11 heteroatoms. The second kappa shape index (κ2) is 8.48. The molecule has 0 fully saturated rings. The van der Waals surface area contributed by atoms with Crippen LogP contribution in [0.2, 0.25) is 0 Å². The van der Waals surface area contributed by atoms with Gasteiger partial charge in [0.2, 0.25) is 11.9 Å². The Balaban J connectivity index is 2.10. The lowest BCUT2D eigenvalue weighted by Gasteiger charge is -2.09. The zero-order chi connectivity index (χ0) is 20.9. The highest BCUT2D eigenvalue weighted by Gasteiger charge is 2.18. The Bertz CT molecular complexity index is 1070. The number of carbonyl (C=O) groups excluding carboxylic acids is 1. The molecular formula is C17H20N4O5S2. The number of benzene rings is 1. The van der Waals surface area contributed by atoms with Gasteiger partial charge in [0.1, 0.15) is 5.75 Å². The van der Waals surface area contributed by atoms with E-state index >= 15 is 0 Å². The zero-order valence-electron chi connectivity index (χ0n) is 15.3. The number of anilines is 2. The molecule has 150 valence electrons. The van der Waals surface area contributed by atoms with Crippen molar-refractivity contribution >= 4 is 37.4 Å². The van der Waals surface area contributed by atoms with E-state index in [1.54, 1.807) is 19.9 Å². The lowest BCUT2D eigenvalue weighted by atomic mass is 10.3. The van der Waals surface area contributed by atoms with E-state index in [1.807, 2.05) is 0 Å². The number of carbonyl (C=O) groups is 1. The van der Waals surface area contributed by atoms with Crippen LogP contribution >= 0.6 is 0 Å². The van der Waals surface area contributed by atoms with Gasteiger partial charge in [-0.1, -0.05) is 6.08 Å². The van der Waals surface area contributed by atoms with Crippen molar-refractivity contribution in [2.24, 2.45) is 0 Å². The minimum absolute atomic E-state index is 0.0395. The van der Waals surface area contributed by atoms with Gasteiger partial charge in [0.25, 0.3) is 10.0 Å². The first-order chi connectivity index (χ1) is 13.0. The van der Waals surface area contributed by atoms with Gasteiger partial charge in [-0.3, -0.25) is 4.79 Å². The molecule has 0 saturated heterocycles. The van der Waals surface area contributed by atoms with E-state index in [4.69, 9.17) is 0 Å². The number of aromatic nitrogens is 2. The molecule has 2 N–H and O–H groups in total. The SMILES string of the molecule is C=CCS(=O)(=O)CC(=O)Nc1ccc(S(=O)(=O)Nc2nc(C)cc(C)n2)cc1. The van der Waals surface area contributed by atoms with E-state index in [0.717, 1.165) is 0 Å². The zero-order valence-corrected chi connectivity index (χ0v) is 17.0. The number of amides is 1. The van der Waals surface area contributed by atoms with Crippen LogP contribution in [0.1, 0.15) is 11.4 Å². The standard InChI is InChI=1S/C17H20N4O5S2/c1-4-9-27(23,24)11-16(22)20-14-5-7-15(8-6-14)28(25,26)21-17-18-12(2)10-13(3)19-17/h4-8,10H,1,9,11H2,2-3H3,(H,20,22)(H,18,19,21). The van der Waals surface area contributed by atoms with Gasteiger partial charge in [-0.2, -0.15) is 0 Å². The van der Waals surface area contributed by atoms with Crippen LogP contribution in [0.3, 0.4) is 0 Å². The fraction of sp³-hybridized carbons (Fsp3) is 0.235. The number of sulfone groups is 1. The number of sulfonamides is 1. The van der Waals surface area contributed by atoms with Crippen molar-refractivity contribution in [1.82, 2.24) is 9.97 Å². The Labute approximate surface area is 163 Å². The topological polar surface area (TPSA) is 135 Å². The van der Waals surface area contributed by atoms with Crippen LogP contribution in [0.5, 0.6) is 0 Å². The van der Waals surface area contributed by atoms with Gasteiger partial charge < -0.3 is 5.32 Å². The average Bonchev–Trinajstić information content (AvgIpc) is 2.53. The summed E-state index contributed by atoms with van der Waals surface area (Å²) in [4.78, 5) is 19.8. The molecule has 9 nitrogen and oxygen atoms in total.